The first-order chi connectivity index (χ1) is 7.19. The van der Waals surface area contributed by atoms with E-state index in [2.05, 4.69) is 42.2 Å². The van der Waals surface area contributed by atoms with E-state index >= 15 is 0 Å². The third-order valence-electron chi connectivity index (χ3n) is 2.86. The van der Waals surface area contributed by atoms with E-state index in [4.69, 9.17) is 18.3 Å². The molecule has 6 unspecified atom stereocenters. The molecule has 0 bridgehead atoms. The Kier molecular flexibility index (Phi) is 6.40. The van der Waals surface area contributed by atoms with E-state index in [1.807, 2.05) is 0 Å². The standard InChI is InChI=1S/C8H19O4P3/c1-3-5-4(2)6(10-13)7(11-14)8(9-5)12-15/h4-8H,3,13-15H2,1-2H3/t4?,5-,6+,7?,8?/m1/s1. The second kappa shape index (κ2) is 6.77. The van der Waals surface area contributed by atoms with E-state index in [9.17, 15) is 0 Å². The molecule has 8 atom stereocenters. The van der Waals surface area contributed by atoms with E-state index in [1.165, 1.54) is 0 Å². The third kappa shape index (κ3) is 3.07. The fraction of sp³-hybridized carbons (Fsp3) is 1.00. The average Bonchev–Trinajstić information content (AvgIpc) is 2.28. The summed E-state index contributed by atoms with van der Waals surface area (Å²) in [4.78, 5) is 0. The molecule has 1 saturated heterocycles. The first-order valence-electron chi connectivity index (χ1n) is 4.91. The molecule has 1 aliphatic heterocycles. The summed E-state index contributed by atoms with van der Waals surface area (Å²) in [7, 11) is 6.73. The Labute approximate surface area is 98.0 Å². The molecule has 1 aliphatic rings. The van der Waals surface area contributed by atoms with Crippen LogP contribution in [0.3, 0.4) is 0 Å². The fourth-order valence-corrected chi connectivity index (χ4v) is 2.86. The highest BCUT2D eigenvalue weighted by Gasteiger charge is 2.44. The quantitative estimate of drug-likeness (QED) is 0.733. The number of hydrogen-bond donors (Lipinski definition) is 0. The number of rotatable bonds is 4. The van der Waals surface area contributed by atoms with E-state index < -0.39 is 6.29 Å². The summed E-state index contributed by atoms with van der Waals surface area (Å²) in [6, 6.07) is 0. The van der Waals surface area contributed by atoms with Crippen molar-refractivity contribution in [3.63, 3.8) is 0 Å². The van der Waals surface area contributed by atoms with Crippen molar-refractivity contribution in [3.05, 3.63) is 0 Å². The molecule has 0 radical (unpaired) electrons. The molecule has 1 rings (SSSR count). The summed E-state index contributed by atoms with van der Waals surface area (Å²) in [6.45, 7) is 4.18. The lowest BCUT2D eigenvalue weighted by Gasteiger charge is -2.43. The summed E-state index contributed by atoms with van der Waals surface area (Å²) in [6.07, 6.45) is 0.385. The molecule has 0 aliphatic carbocycles. The first kappa shape index (κ1) is 14.2. The molecule has 0 N–H and O–H groups in total. The highest BCUT2D eigenvalue weighted by atomic mass is 31.0. The van der Waals surface area contributed by atoms with Crippen molar-refractivity contribution in [2.24, 2.45) is 5.92 Å². The van der Waals surface area contributed by atoms with Gasteiger partial charge in [0.1, 0.15) is 6.10 Å². The van der Waals surface area contributed by atoms with E-state index in [-0.39, 0.29) is 24.2 Å². The van der Waals surface area contributed by atoms with Crippen molar-refractivity contribution < 1.29 is 18.3 Å². The Morgan fingerprint density at radius 2 is 1.67 bits per heavy atom. The zero-order valence-corrected chi connectivity index (χ0v) is 12.4. The minimum absolute atomic E-state index is 0.0447. The van der Waals surface area contributed by atoms with Crippen molar-refractivity contribution in [1.82, 2.24) is 0 Å². The molecule has 1 heterocycles. The Hall–Kier alpha value is 1.13. The van der Waals surface area contributed by atoms with Crippen LogP contribution in [0.5, 0.6) is 0 Å². The molecule has 90 valence electrons. The lowest BCUT2D eigenvalue weighted by Crippen LogP contribution is -2.53. The van der Waals surface area contributed by atoms with Crippen LogP contribution in [-0.4, -0.2) is 24.6 Å². The molecule has 0 saturated carbocycles. The smallest absolute Gasteiger partial charge is 0.189 e. The molecular formula is C8H19O4P3. The SMILES string of the molecule is CC[C@H]1OC(OP)C(OP)[C@@H](OP)C1C. The van der Waals surface area contributed by atoms with Gasteiger partial charge in [0.2, 0.25) is 0 Å². The molecular weight excluding hydrogens is 253 g/mol. The van der Waals surface area contributed by atoms with Crippen molar-refractivity contribution in [2.45, 2.75) is 44.9 Å². The van der Waals surface area contributed by atoms with Crippen molar-refractivity contribution >= 4 is 28.4 Å². The molecule has 0 amide bonds. The Morgan fingerprint density at radius 3 is 2.07 bits per heavy atom. The van der Waals surface area contributed by atoms with Gasteiger partial charge < -0.3 is 18.3 Å². The van der Waals surface area contributed by atoms with Gasteiger partial charge in [-0.05, 0) is 6.42 Å². The van der Waals surface area contributed by atoms with Crippen LogP contribution in [0.15, 0.2) is 0 Å². The molecule has 7 heteroatoms. The maximum Gasteiger partial charge on any atom is 0.189 e. The predicted octanol–water partition coefficient (Wildman–Crippen LogP) is 1.91. The zero-order chi connectivity index (χ0) is 11.4. The van der Waals surface area contributed by atoms with Gasteiger partial charge in [-0.1, -0.05) is 13.8 Å². The summed E-state index contributed by atoms with van der Waals surface area (Å²) in [5.74, 6) is 0.273. The lowest BCUT2D eigenvalue weighted by molar-refractivity contribution is -0.236. The van der Waals surface area contributed by atoms with Gasteiger partial charge in [0.25, 0.3) is 0 Å². The Morgan fingerprint density at radius 1 is 1.07 bits per heavy atom. The van der Waals surface area contributed by atoms with E-state index in [0.29, 0.717) is 0 Å². The zero-order valence-electron chi connectivity index (χ0n) is 8.96. The fourth-order valence-electron chi connectivity index (χ4n) is 1.96. The molecule has 0 spiro atoms. The maximum absolute atomic E-state index is 5.76. The number of hydrogen-bond acceptors (Lipinski definition) is 4. The topological polar surface area (TPSA) is 36.9 Å². The van der Waals surface area contributed by atoms with Crippen LogP contribution in [0.4, 0.5) is 0 Å². The van der Waals surface area contributed by atoms with Crippen LogP contribution in [0.25, 0.3) is 0 Å². The van der Waals surface area contributed by atoms with Gasteiger partial charge in [0, 0.05) is 34.3 Å². The van der Waals surface area contributed by atoms with Crippen LogP contribution in [0, 0.1) is 5.92 Å². The van der Waals surface area contributed by atoms with Crippen LogP contribution in [0.2, 0.25) is 0 Å². The molecule has 15 heavy (non-hydrogen) atoms. The Balaban J connectivity index is 2.78. The van der Waals surface area contributed by atoms with Crippen LogP contribution in [-0.2, 0) is 18.3 Å². The van der Waals surface area contributed by atoms with E-state index in [1.54, 1.807) is 0 Å². The minimum atomic E-state index is -0.404. The second-order valence-electron chi connectivity index (χ2n) is 3.65. The lowest BCUT2D eigenvalue weighted by atomic mass is 9.89. The van der Waals surface area contributed by atoms with Crippen molar-refractivity contribution in [1.29, 1.82) is 0 Å². The molecule has 1 fully saturated rings. The van der Waals surface area contributed by atoms with Gasteiger partial charge in [-0.25, -0.2) is 0 Å². The van der Waals surface area contributed by atoms with Crippen molar-refractivity contribution in [3.8, 4) is 0 Å². The van der Waals surface area contributed by atoms with Gasteiger partial charge in [-0.2, -0.15) is 0 Å². The van der Waals surface area contributed by atoms with Gasteiger partial charge in [0.05, 0.1) is 12.2 Å². The average molecular weight is 272 g/mol. The predicted molar refractivity (Wildman–Crippen MR) is 68.1 cm³/mol. The summed E-state index contributed by atoms with van der Waals surface area (Å²) < 4.78 is 21.6. The van der Waals surface area contributed by atoms with Gasteiger partial charge >= 0.3 is 0 Å². The Bertz CT molecular complexity index is 195. The molecule has 4 nitrogen and oxygen atoms in total. The first-order valence-corrected chi connectivity index (χ1v) is 6.33. The third-order valence-corrected chi connectivity index (χ3v) is 3.75. The minimum Gasteiger partial charge on any atom is -0.359 e. The summed E-state index contributed by atoms with van der Waals surface area (Å²) >= 11 is 0. The van der Waals surface area contributed by atoms with Crippen LogP contribution in [0.1, 0.15) is 20.3 Å². The normalized spacial score (nSPS) is 41.8. The van der Waals surface area contributed by atoms with Crippen LogP contribution >= 0.6 is 28.4 Å². The van der Waals surface area contributed by atoms with Gasteiger partial charge in [-0.3, -0.25) is 0 Å². The molecule has 0 aromatic heterocycles. The maximum atomic E-state index is 5.76. The highest BCUT2D eigenvalue weighted by Crippen LogP contribution is 2.34. The largest absolute Gasteiger partial charge is 0.359 e. The van der Waals surface area contributed by atoms with Crippen molar-refractivity contribution in [2.75, 3.05) is 0 Å². The highest BCUT2D eigenvalue weighted by molar-refractivity contribution is 7.10. The van der Waals surface area contributed by atoms with Crippen LogP contribution < -0.4 is 0 Å². The second-order valence-corrected chi connectivity index (χ2v) is 4.46. The van der Waals surface area contributed by atoms with Gasteiger partial charge in [0.15, 0.2) is 6.29 Å². The summed E-state index contributed by atoms with van der Waals surface area (Å²) in [5, 5.41) is 0. The van der Waals surface area contributed by atoms with E-state index in [0.717, 1.165) is 6.42 Å². The number of ether oxygens (including phenoxy) is 1. The summed E-state index contributed by atoms with van der Waals surface area (Å²) in [5.41, 5.74) is 0. The van der Waals surface area contributed by atoms with Gasteiger partial charge in [-0.15, -0.1) is 0 Å². The monoisotopic (exact) mass is 272 g/mol. The molecule has 0 aromatic carbocycles. The molecule has 0 aromatic rings.